The van der Waals surface area contributed by atoms with E-state index in [4.69, 9.17) is 25.5 Å². The molecule has 1 heterocycles. The third-order valence-corrected chi connectivity index (χ3v) is 6.38. The van der Waals surface area contributed by atoms with Crippen LogP contribution in [0.15, 0.2) is 79.7 Å². The van der Waals surface area contributed by atoms with Crippen LogP contribution in [-0.4, -0.2) is 23.2 Å². The summed E-state index contributed by atoms with van der Waals surface area (Å²) in [6, 6.07) is 18.1. The molecular weight excluding hydrogens is 530 g/mol. The quantitative estimate of drug-likeness (QED) is 0.187. The Balaban J connectivity index is 1.60. The Kier molecular flexibility index (Phi) is 7.27. The molecule has 1 N–H and O–H groups in total. The van der Waals surface area contributed by atoms with Crippen LogP contribution in [0.5, 0.6) is 11.5 Å². The molecule has 0 unspecified atom stereocenters. The number of ether oxygens (including phenoxy) is 2. The summed E-state index contributed by atoms with van der Waals surface area (Å²) in [4.78, 5) is 16.3. The lowest BCUT2D eigenvalue weighted by Crippen LogP contribution is -2.00. The fourth-order valence-corrected chi connectivity index (χ4v) is 4.51. The van der Waals surface area contributed by atoms with E-state index in [1.54, 1.807) is 30.3 Å². The summed E-state index contributed by atoms with van der Waals surface area (Å²) in [7, 11) is 1.52. The number of aliphatic carboxylic acids is 1. The highest BCUT2D eigenvalue weighted by atomic mass is 79.9. The summed E-state index contributed by atoms with van der Waals surface area (Å²) in [5, 5.41) is 10.6. The number of carboxylic acids is 1. The summed E-state index contributed by atoms with van der Waals surface area (Å²) in [6.07, 6.45) is 1.52. The van der Waals surface area contributed by atoms with Crippen LogP contribution in [0, 0.1) is 0 Å². The molecule has 0 fully saturated rings. The molecule has 0 aliphatic heterocycles. The van der Waals surface area contributed by atoms with Gasteiger partial charge in [0.15, 0.2) is 17.1 Å². The molecule has 6 nitrogen and oxygen atoms in total. The minimum absolute atomic E-state index is 0.0419. The zero-order chi connectivity index (χ0) is 23.4. The van der Waals surface area contributed by atoms with Crippen molar-refractivity contribution in [2.45, 2.75) is 11.8 Å². The molecule has 0 saturated heterocycles. The number of fused-ring (bicyclic) bond motifs is 1. The first-order valence-electron chi connectivity index (χ1n) is 9.66. The van der Waals surface area contributed by atoms with Gasteiger partial charge >= 0.3 is 5.97 Å². The Morgan fingerprint density at radius 3 is 2.70 bits per heavy atom. The van der Waals surface area contributed by atoms with Crippen LogP contribution in [0.2, 0.25) is 5.02 Å². The van der Waals surface area contributed by atoms with Crippen molar-refractivity contribution in [3.8, 4) is 11.5 Å². The van der Waals surface area contributed by atoms with Crippen LogP contribution in [0.1, 0.15) is 11.1 Å². The minimum atomic E-state index is -1.10. The molecule has 4 rings (SSSR count). The number of carboxylic acid groups (broad SMARTS) is 1. The highest BCUT2D eigenvalue weighted by Crippen LogP contribution is 2.39. The molecule has 0 aliphatic rings. The Labute approximate surface area is 207 Å². The monoisotopic (exact) mass is 545 g/mol. The number of carbonyl (C=O) groups is 1. The maximum absolute atomic E-state index is 11.9. The van der Waals surface area contributed by atoms with Gasteiger partial charge in [0, 0.05) is 10.6 Å². The van der Waals surface area contributed by atoms with E-state index >= 15 is 0 Å². The van der Waals surface area contributed by atoms with E-state index in [0.29, 0.717) is 37.7 Å². The highest BCUT2D eigenvalue weighted by Gasteiger charge is 2.17. The number of rotatable bonds is 8. The van der Waals surface area contributed by atoms with Crippen LogP contribution >= 0.6 is 39.3 Å². The number of halogens is 2. The SMILES string of the molecule is COc1cc(/C=C(\Sc2nc3ccccc3o2)C(=O)O)cc(Br)c1OCc1ccccc1Cl. The molecular formula is C24H17BrClNO5S. The average molecular weight is 547 g/mol. The van der Waals surface area contributed by atoms with Crippen molar-refractivity contribution in [2.75, 3.05) is 7.11 Å². The number of thioether (sulfide) groups is 1. The predicted octanol–water partition coefficient (Wildman–Crippen LogP) is 7.05. The van der Waals surface area contributed by atoms with Crippen molar-refractivity contribution >= 4 is 62.4 Å². The largest absolute Gasteiger partial charge is 0.493 e. The van der Waals surface area contributed by atoms with Gasteiger partial charge in [-0.3, -0.25) is 0 Å². The van der Waals surface area contributed by atoms with Gasteiger partial charge in [0.2, 0.25) is 0 Å². The lowest BCUT2D eigenvalue weighted by atomic mass is 10.2. The molecule has 0 aliphatic carbocycles. The lowest BCUT2D eigenvalue weighted by Gasteiger charge is -2.14. The topological polar surface area (TPSA) is 81.8 Å². The van der Waals surface area contributed by atoms with Gasteiger partial charge in [-0.2, -0.15) is 0 Å². The van der Waals surface area contributed by atoms with Gasteiger partial charge in [-0.1, -0.05) is 41.9 Å². The van der Waals surface area contributed by atoms with Crippen molar-refractivity contribution in [1.29, 1.82) is 0 Å². The number of benzene rings is 3. The van der Waals surface area contributed by atoms with E-state index in [2.05, 4.69) is 20.9 Å². The Hall–Kier alpha value is -2.94. The molecule has 4 aromatic rings. The average Bonchev–Trinajstić information content (AvgIpc) is 3.21. The summed E-state index contributed by atoms with van der Waals surface area (Å²) in [6.45, 7) is 0.248. The summed E-state index contributed by atoms with van der Waals surface area (Å²) in [5.74, 6) is -0.172. The minimum Gasteiger partial charge on any atom is -0.493 e. The van der Waals surface area contributed by atoms with E-state index in [1.165, 1.54) is 13.2 Å². The second-order valence-corrected chi connectivity index (χ2v) is 9.03. The molecule has 3 aromatic carbocycles. The summed E-state index contributed by atoms with van der Waals surface area (Å²) < 4.78 is 17.7. The maximum Gasteiger partial charge on any atom is 0.342 e. The second kappa shape index (κ2) is 10.3. The molecule has 33 heavy (non-hydrogen) atoms. The molecule has 0 spiro atoms. The molecule has 1 aromatic heterocycles. The van der Waals surface area contributed by atoms with Crippen molar-refractivity contribution < 1.29 is 23.8 Å². The molecule has 0 bridgehead atoms. The van der Waals surface area contributed by atoms with Gasteiger partial charge in [-0.05, 0) is 69.7 Å². The first-order valence-corrected chi connectivity index (χ1v) is 11.7. The lowest BCUT2D eigenvalue weighted by molar-refractivity contribution is -0.131. The van der Waals surface area contributed by atoms with Crippen molar-refractivity contribution in [2.24, 2.45) is 0 Å². The fraction of sp³-hybridized carbons (Fsp3) is 0.0833. The summed E-state index contributed by atoms with van der Waals surface area (Å²) >= 11 is 10.6. The number of aromatic nitrogens is 1. The predicted molar refractivity (Wildman–Crippen MR) is 132 cm³/mol. The van der Waals surface area contributed by atoms with E-state index in [1.807, 2.05) is 30.3 Å². The number of methoxy groups -OCH3 is 1. The van der Waals surface area contributed by atoms with Gasteiger partial charge in [0.1, 0.15) is 17.0 Å². The van der Waals surface area contributed by atoms with Crippen LogP contribution in [-0.2, 0) is 11.4 Å². The van der Waals surface area contributed by atoms with Crippen molar-refractivity contribution in [1.82, 2.24) is 4.98 Å². The smallest absolute Gasteiger partial charge is 0.342 e. The van der Waals surface area contributed by atoms with E-state index in [0.717, 1.165) is 17.3 Å². The van der Waals surface area contributed by atoms with Gasteiger partial charge in [-0.15, -0.1) is 0 Å². The third kappa shape index (κ3) is 5.52. The highest BCUT2D eigenvalue weighted by molar-refractivity contribution is 9.10. The van der Waals surface area contributed by atoms with Gasteiger partial charge in [-0.25, -0.2) is 9.78 Å². The van der Waals surface area contributed by atoms with E-state index < -0.39 is 5.97 Å². The van der Waals surface area contributed by atoms with Crippen LogP contribution < -0.4 is 9.47 Å². The van der Waals surface area contributed by atoms with Crippen molar-refractivity contribution in [3.63, 3.8) is 0 Å². The van der Waals surface area contributed by atoms with Gasteiger partial charge in [0.05, 0.1) is 11.6 Å². The Bertz CT molecular complexity index is 1320. The third-order valence-electron chi connectivity index (χ3n) is 4.56. The van der Waals surface area contributed by atoms with Crippen LogP contribution in [0.25, 0.3) is 17.2 Å². The standard InChI is InChI=1S/C24H17BrClNO5S/c1-30-20-11-14(10-16(25)22(20)31-13-15-6-2-3-7-17(15)26)12-21(23(28)29)33-24-27-18-8-4-5-9-19(18)32-24/h2-12H,13H2,1H3,(H,28,29)/b21-12-. The molecule has 9 heteroatoms. The number of para-hydroxylation sites is 2. The molecule has 0 saturated carbocycles. The number of nitrogens with zero attached hydrogens (tertiary/aromatic N) is 1. The second-order valence-electron chi connectivity index (χ2n) is 6.78. The van der Waals surface area contributed by atoms with Gasteiger partial charge in [0.25, 0.3) is 5.22 Å². The van der Waals surface area contributed by atoms with Gasteiger partial charge < -0.3 is 19.0 Å². The zero-order valence-electron chi connectivity index (χ0n) is 17.2. The maximum atomic E-state index is 11.9. The first-order chi connectivity index (χ1) is 15.9. The Morgan fingerprint density at radius 2 is 1.97 bits per heavy atom. The number of hydrogen-bond donors (Lipinski definition) is 1. The van der Waals surface area contributed by atoms with Crippen molar-refractivity contribution in [3.05, 3.63) is 86.2 Å². The molecule has 0 atom stereocenters. The van der Waals surface area contributed by atoms with E-state index in [-0.39, 0.29) is 16.7 Å². The van der Waals surface area contributed by atoms with Crippen LogP contribution in [0.3, 0.4) is 0 Å². The molecule has 0 radical (unpaired) electrons. The normalized spacial score (nSPS) is 11.5. The summed E-state index contributed by atoms with van der Waals surface area (Å²) in [5.41, 5.74) is 2.69. The number of hydrogen-bond acceptors (Lipinski definition) is 6. The van der Waals surface area contributed by atoms with E-state index in [9.17, 15) is 9.90 Å². The van der Waals surface area contributed by atoms with Crippen LogP contribution in [0.4, 0.5) is 0 Å². The zero-order valence-corrected chi connectivity index (χ0v) is 20.4. The first kappa shape index (κ1) is 23.2. The molecule has 168 valence electrons. The number of oxazole rings is 1. The fourth-order valence-electron chi connectivity index (χ4n) is 3.00. The molecule has 0 amide bonds. The Morgan fingerprint density at radius 1 is 1.21 bits per heavy atom.